The number of benzene rings is 1. The number of nitrogens with two attached hydrogens (primary N) is 1. The lowest BCUT2D eigenvalue weighted by Crippen LogP contribution is -2.44. The maximum absolute atomic E-state index is 12.1. The Balaban J connectivity index is 2.24. The van der Waals surface area contributed by atoms with Crippen molar-refractivity contribution in [1.29, 1.82) is 0 Å². The molecule has 1 aromatic carbocycles. The van der Waals surface area contributed by atoms with E-state index < -0.39 is 14.2 Å². The Morgan fingerprint density at radius 2 is 1.75 bits per heavy atom. The van der Waals surface area contributed by atoms with Crippen LogP contribution < -0.4 is 15.5 Å². The zero-order valence-corrected chi connectivity index (χ0v) is 18.5. The van der Waals surface area contributed by atoms with Crippen LogP contribution in [-0.2, 0) is 17.8 Å². The lowest BCUT2D eigenvalue weighted by atomic mass is 10.1. The average Bonchev–Trinajstić information content (AvgIpc) is 2.97. The molecule has 0 bridgehead atoms. The molecule has 0 radical (unpaired) electrons. The first-order valence-corrected chi connectivity index (χ1v) is 12.2. The first-order valence-electron chi connectivity index (χ1n) is 9.27. The lowest BCUT2D eigenvalue weighted by molar-refractivity contribution is -0.119. The third kappa shape index (κ3) is 5.01. The van der Waals surface area contributed by atoms with E-state index >= 15 is 0 Å². The summed E-state index contributed by atoms with van der Waals surface area (Å²) in [5.74, 6) is -0.302. The second-order valence-corrected chi connectivity index (χ2v) is 13.1. The normalized spacial score (nSPS) is 11.9. The van der Waals surface area contributed by atoms with Gasteiger partial charge in [-0.05, 0) is 29.3 Å². The second-order valence-electron chi connectivity index (χ2n) is 8.42. The minimum Gasteiger partial charge on any atom is -0.529 e. The van der Waals surface area contributed by atoms with Gasteiger partial charge in [0.05, 0.1) is 12.7 Å². The standard InChI is InChI=1S/C20H30N4O3Si/c1-20(2,3)28(5,6)27-19-17(18(21)26)24(13-23-19)12-15-9-7-14(8-10-15)11-16(25)22-4/h7-10,13H,11-12H2,1-6H3,(H2,21,26)(H,22,25). The molecule has 7 nitrogen and oxygen atoms in total. The van der Waals surface area contributed by atoms with Crippen molar-refractivity contribution < 1.29 is 14.0 Å². The van der Waals surface area contributed by atoms with Crippen LogP contribution in [0.4, 0.5) is 0 Å². The molecule has 2 aromatic rings. The summed E-state index contributed by atoms with van der Waals surface area (Å²) in [5.41, 5.74) is 7.80. The summed E-state index contributed by atoms with van der Waals surface area (Å²) >= 11 is 0. The van der Waals surface area contributed by atoms with Crippen molar-refractivity contribution in [3.05, 3.63) is 47.4 Å². The highest BCUT2D eigenvalue weighted by Gasteiger charge is 2.40. The molecule has 1 aromatic heterocycles. The summed E-state index contributed by atoms with van der Waals surface area (Å²) < 4.78 is 7.92. The molecule has 0 aliphatic carbocycles. The number of carbonyl (C=O) groups is 2. The van der Waals surface area contributed by atoms with Crippen LogP contribution in [0.1, 0.15) is 42.4 Å². The summed E-state index contributed by atoms with van der Waals surface area (Å²) in [6, 6.07) is 7.66. The zero-order valence-electron chi connectivity index (χ0n) is 17.5. The Kier molecular flexibility index (Phi) is 6.33. The van der Waals surface area contributed by atoms with Gasteiger partial charge in [-0.3, -0.25) is 9.59 Å². The van der Waals surface area contributed by atoms with E-state index in [1.807, 2.05) is 24.3 Å². The van der Waals surface area contributed by atoms with Crippen molar-refractivity contribution in [3.63, 3.8) is 0 Å². The number of amides is 2. The average molecular weight is 403 g/mol. The Bertz CT molecular complexity index is 851. The van der Waals surface area contributed by atoms with E-state index in [0.717, 1.165) is 11.1 Å². The fourth-order valence-corrected chi connectivity index (χ4v) is 3.37. The number of primary amides is 1. The molecule has 0 saturated heterocycles. The van der Waals surface area contributed by atoms with Crippen LogP contribution in [0.15, 0.2) is 30.6 Å². The molecule has 152 valence electrons. The van der Waals surface area contributed by atoms with Crippen LogP contribution in [0.25, 0.3) is 0 Å². The van der Waals surface area contributed by atoms with Crippen LogP contribution in [0.3, 0.4) is 0 Å². The number of imidazole rings is 1. The SMILES string of the molecule is CNC(=O)Cc1ccc(Cn2cnc(O[Si](C)(C)C(C)(C)C)c2C(N)=O)cc1. The molecule has 0 unspecified atom stereocenters. The third-order valence-corrected chi connectivity index (χ3v) is 9.53. The highest BCUT2D eigenvalue weighted by atomic mass is 28.4. The van der Waals surface area contributed by atoms with Gasteiger partial charge < -0.3 is 20.0 Å². The molecule has 2 rings (SSSR count). The quantitative estimate of drug-likeness (QED) is 0.696. The summed E-state index contributed by atoms with van der Waals surface area (Å²) in [7, 11) is -0.534. The van der Waals surface area contributed by atoms with E-state index in [-0.39, 0.29) is 16.6 Å². The summed E-state index contributed by atoms with van der Waals surface area (Å²) in [5, 5.41) is 2.58. The molecule has 28 heavy (non-hydrogen) atoms. The van der Waals surface area contributed by atoms with Crippen LogP contribution in [0, 0.1) is 0 Å². The van der Waals surface area contributed by atoms with Gasteiger partial charge in [0, 0.05) is 13.6 Å². The zero-order chi connectivity index (χ0) is 21.1. The predicted molar refractivity (Wildman–Crippen MR) is 112 cm³/mol. The van der Waals surface area contributed by atoms with Gasteiger partial charge in [0.1, 0.15) is 0 Å². The van der Waals surface area contributed by atoms with Gasteiger partial charge in [0.2, 0.25) is 11.8 Å². The molecule has 0 aliphatic heterocycles. The largest absolute Gasteiger partial charge is 0.529 e. The van der Waals surface area contributed by atoms with E-state index in [1.54, 1.807) is 17.9 Å². The van der Waals surface area contributed by atoms with E-state index in [4.69, 9.17) is 10.2 Å². The van der Waals surface area contributed by atoms with Crippen LogP contribution in [0.5, 0.6) is 5.88 Å². The van der Waals surface area contributed by atoms with Crippen LogP contribution in [-0.4, -0.2) is 36.7 Å². The fourth-order valence-electron chi connectivity index (χ4n) is 2.43. The van der Waals surface area contributed by atoms with Crippen molar-refractivity contribution in [2.45, 2.75) is 51.9 Å². The molecule has 0 spiro atoms. The summed E-state index contributed by atoms with van der Waals surface area (Å²) in [6.07, 6.45) is 1.92. The molecular formula is C20H30N4O3Si. The van der Waals surface area contributed by atoms with Gasteiger partial charge in [0.25, 0.3) is 14.2 Å². The molecule has 0 atom stereocenters. The molecule has 0 aliphatic rings. The van der Waals surface area contributed by atoms with E-state index in [2.05, 4.69) is 44.2 Å². The molecule has 8 heteroatoms. The van der Waals surface area contributed by atoms with E-state index in [1.165, 1.54) is 0 Å². The van der Waals surface area contributed by atoms with Crippen molar-refractivity contribution in [2.75, 3.05) is 7.05 Å². The van der Waals surface area contributed by atoms with Crippen LogP contribution >= 0.6 is 0 Å². The topological polar surface area (TPSA) is 99.2 Å². The Labute approximate surface area is 167 Å². The number of nitrogens with one attached hydrogen (secondary N) is 1. The number of carbonyl (C=O) groups excluding carboxylic acids is 2. The predicted octanol–water partition coefficient (Wildman–Crippen LogP) is 2.70. The first kappa shape index (κ1) is 21.7. The van der Waals surface area contributed by atoms with Crippen molar-refractivity contribution in [3.8, 4) is 5.88 Å². The van der Waals surface area contributed by atoms with Gasteiger partial charge in [0.15, 0.2) is 5.69 Å². The first-order chi connectivity index (χ1) is 12.9. The Morgan fingerprint density at radius 1 is 1.18 bits per heavy atom. The van der Waals surface area contributed by atoms with Gasteiger partial charge in [-0.15, -0.1) is 0 Å². The second kappa shape index (κ2) is 8.18. The summed E-state index contributed by atoms with van der Waals surface area (Å²) in [6.45, 7) is 11.0. The van der Waals surface area contributed by atoms with E-state index in [9.17, 15) is 9.59 Å². The van der Waals surface area contributed by atoms with Gasteiger partial charge in [-0.25, -0.2) is 4.98 Å². The van der Waals surface area contributed by atoms with Crippen molar-refractivity contribution >= 4 is 20.1 Å². The lowest BCUT2D eigenvalue weighted by Gasteiger charge is -2.35. The van der Waals surface area contributed by atoms with Crippen LogP contribution in [0.2, 0.25) is 18.1 Å². The van der Waals surface area contributed by atoms with Crippen molar-refractivity contribution in [2.24, 2.45) is 5.73 Å². The minimum atomic E-state index is -2.15. The third-order valence-electron chi connectivity index (χ3n) is 5.21. The van der Waals surface area contributed by atoms with Gasteiger partial charge in [-0.2, -0.15) is 0 Å². The van der Waals surface area contributed by atoms with Gasteiger partial charge in [-0.1, -0.05) is 45.0 Å². The number of likely N-dealkylation sites (N-methyl/N-ethyl adjacent to an activating group) is 1. The number of hydrogen-bond acceptors (Lipinski definition) is 4. The number of rotatable bonds is 7. The monoisotopic (exact) mass is 402 g/mol. The number of hydrogen-bond donors (Lipinski definition) is 2. The molecular weight excluding hydrogens is 372 g/mol. The highest BCUT2D eigenvalue weighted by Crippen LogP contribution is 2.37. The Hall–Kier alpha value is -2.61. The molecule has 2 amide bonds. The van der Waals surface area contributed by atoms with Crippen molar-refractivity contribution in [1.82, 2.24) is 14.9 Å². The molecule has 0 fully saturated rings. The summed E-state index contributed by atoms with van der Waals surface area (Å²) in [4.78, 5) is 27.9. The maximum Gasteiger partial charge on any atom is 0.270 e. The number of nitrogens with zero attached hydrogens (tertiary/aromatic N) is 2. The molecule has 1 heterocycles. The van der Waals surface area contributed by atoms with Gasteiger partial charge >= 0.3 is 0 Å². The molecule has 3 N–H and O–H groups in total. The molecule has 0 saturated carbocycles. The smallest absolute Gasteiger partial charge is 0.270 e. The highest BCUT2D eigenvalue weighted by molar-refractivity contribution is 6.74. The minimum absolute atomic E-state index is 0.0215. The maximum atomic E-state index is 12.1. The number of aromatic nitrogens is 2. The fraction of sp³-hybridized carbons (Fsp3) is 0.450. The van der Waals surface area contributed by atoms with E-state index in [0.29, 0.717) is 18.8 Å². The Morgan fingerprint density at radius 3 is 2.25 bits per heavy atom.